The number of hydrogen-bond acceptors (Lipinski definition) is 1. The van der Waals surface area contributed by atoms with Gasteiger partial charge in [-0.15, -0.1) is 11.8 Å². The summed E-state index contributed by atoms with van der Waals surface area (Å²) in [5, 5.41) is 3.06. The Morgan fingerprint density at radius 1 is 1.86 bits per heavy atom. The van der Waals surface area contributed by atoms with E-state index in [1.807, 2.05) is 6.08 Å². The molecule has 1 radical (unpaired) electrons. The summed E-state index contributed by atoms with van der Waals surface area (Å²) in [6.45, 7) is 2.09. The van der Waals surface area contributed by atoms with Gasteiger partial charge in [-0.05, 0) is 13.0 Å². The predicted molar refractivity (Wildman–Crippen MR) is 34.0 cm³/mol. The van der Waals surface area contributed by atoms with Crippen molar-refractivity contribution < 1.29 is 0 Å². The van der Waals surface area contributed by atoms with Crippen LogP contribution in [0.4, 0.5) is 0 Å². The Morgan fingerprint density at radius 3 is 3.00 bits per heavy atom. The van der Waals surface area contributed by atoms with E-state index in [9.17, 15) is 0 Å². The second-order valence-electron chi connectivity index (χ2n) is 1.52. The van der Waals surface area contributed by atoms with Crippen LogP contribution in [0.15, 0.2) is 17.7 Å². The minimum atomic E-state index is 1.10. The first-order valence-electron chi connectivity index (χ1n) is 2.27. The zero-order valence-electron chi connectivity index (χ0n) is 4.27. The zero-order valence-corrected chi connectivity index (χ0v) is 5.09. The molecular formula is C6H7S. The molecule has 1 rings (SSSR count). The third-order valence-corrected chi connectivity index (χ3v) is 1.48. The van der Waals surface area contributed by atoms with Crippen molar-refractivity contribution in [2.75, 3.05) is 5.75 Å². The van der Waals surface area contributed by atoms with Crippen LogP contribution >= 0.6 is 11.8 Å². The van der Waals surface area contributed by atoms with Gasteiger partial charge in [0.05, 0.1) is 0 Å². The fourth-order valence-corrected chi connectivity index (χ4v) is 1.13. The van der Waals surface area contributed by atoms with Gasteiger partial charge in [0, 0.05) is 11.2 Å². The van der Waals surface area contributed by atoms with Crippen molar-refractivity contribution in [1.29, 1.82) is 0 Å². The Hall–Kier alpha value is -0.170. The summed E-state index contributed by atoms with van der Waals surface area (Å²) in [6, 6.07) is 0. The summed E-state index contributed by atoms with van der Waals surface area (Å²) in [4.78, 5) is 0. The number of hydrogen-bond donors (Lipinski definition) is 0. The minimum Gasteiger partial charge on any atom is -0.121 e. The van der Waals surface area contributed by atoms with Crippen molar-refractivity contribution >= 4 is 11.8 Å². The van der Waals surface area contributed by atoms with Crippen LogP contribution in [0.3, 0.4) is 0 Å². The summed E-state index contributed by atoms with van der Waals surface area (Å²) < 4.78 is 0. The number of allylic oxidation sites excluding steroid dienone is 2. The summed E-state index contributed by atoms with van der Waals surface area (Å²) in [5.74, 6) is 1.10. The van der Waals surface area contributed by atoms with Gasteiger partial charge in [0.2, 0.25) is 0 Å². The average molecular weight is 111 g/mol. The largest absolute Gasteiger partial charge is 0.121 e. The van der Waals surface area contributed by atoms with Crippen molar-refractivity contribution in [2.45, 2.75) is 6.92 Å². The predicted octanol–water partition coefficient (Wildman–Crippen LogP) is 2.00. The molecule has 0 aromatic carbocycles. The number of rotatable bonds is 0. The molecule has 0 aromatic heterocycles. The molecule has 0 saturated heterocycles. The Morgan fingerprint density at radius 2 is 2.71 bits per heavy atom. The monoisotopic (exact) mass is 111 g/mol. The van der Waals surface area contributed by atoms with E-state index in [1.165, 1.54) is 5.57 Å². The van der Waals surface area contributed by atoms with Crippen LogP contribution in [-0.2, 0) is 0 Å². The van der Waals surface area contributed by atoms with Gasteiger partial charge in [0.15, 0.2) is 0 Å². The molecule has 1 heterocycles. The van der Waals surface area contributed by atoms with Crippen LogP contribution < -0.4 is 0 Å². The topological polar surface area (TPSA) is 0 Å². The summed E-state index contributed by atoms with van der Waals surface area (Å²) >= 11 is 1.72. The minimum absolute atomic E-state index is 1.10. The first-order valence-corrected chi connectivity index (χ1v) is 3.25. The normalized spacial score (nSPS) is 19.3. The highest BCUT2D eigenvalue weighted by Gasteiger charge is 1.87. The lowest BCUT2D eigenvalue weighted by molar-refractivity contribution is 1.47. The van der Waals surface area contributed by atoms with E-state index in [2.05, 4.69) is 18.4 Å². The highest BCUT2D eigenvalue weighted by molar-refractivity contribution is 8.01. The lowest BCUT2D eigenvalue weighted by Crippen LogP contribution is -1.77. The lowest BCUT2D eigenvalue weighted by atomic mass is 10.3. The van der Waals surface area contributed by atoms with Crippen LogP contribution in [0.2, 0.25) is 0 Å². The van der Waals surface area contributed by atoms with Crippen molar-refractivity contribution in [3.05, 3.63) is 23.1 Å². The van der Waals surface area contributed by atoms with Crippen molar-refractivity contribution in [2.24, 2.45) is 0 Å². The van der Waals surface area contributed by atoms with E-state index < -0.39 is 0 Å². The molecule has 0 unspecified atom stereocenters. The maximum Gasteiger partial charge on any atom is 0.0214 e. The average Bonchev–Trinajstić information content (AvgIpc) is 1.69. The summed E-state index contributed by atoms with van der Waals surface area (Å²) in [7, 11) is 0. The summed E-state index contributed by atoms with van der Waals surface area (Å²) in [5.41, 5.74) is 1.33. The molecule has 0 bridgehead atoms. The Labute approximate surface area is 48.3 Å². The Balaban J connectivity index is 2.58. The van der Waals surface area contributed by atoms with Crippen LogP contribution in [0.5, 0.6) is 0 Å². The van der Waals surface area contributed by atoms with Gasteiger partial charge < -0.3 is 0 Å². The van der Waals surface area contributed by atoms with Crippen molar-refractivity contribution in [1.82, 2.24) is 0 Å². The van der Waals surface area contributed by atoms with E-state index in [1.54, 1.807) is 11.8 Å². The molecule has 0 nitrogen and oxygen atoms in total. The first kappa shape index (κ1) is 4.98. The molecule has 7 heavy (non-hydrogen) atoms. The molecule has 37 valence electrons. The third kappa shape index (κ3) is 1.39. The Kier molecular flexibility index (Phi) is 1.58. The maximum absolute atomic E-state index is 3.06. The lowest BCUT2D eigenvalue weighted by Gasteiger charge is -1.95. The molecule has 0 spiro atoms. The van der Waals surface area contributed by atoms with Crippen LogP contribution in [0, 0.1) is 5.41 Å². The molecule has 1 heteroatoms. The maximum atomic E-state index is 3.06. The van der Waals surface area contributed by atoms with Crippen LogP contribution in [-0.4, -0.2) is 5.75 Å². The second-order valence-corrected chi connectivity index (χ2v) is 2.38. The van der Waals surface area contributed by atoms with Crippen molar-refractivity contribution in [3.8, 4) is 0 Å². The van der Waals surface area contributed by atoms with Gasteiger partial charge in [-0.3, -0.25) is 0 Å². The smallest absolute Gasteiger partial charge is 0.0214 e. The molecule has 0 fully saturated rings. The molecule has 0 atom stereocenters. The molecule has 1 aliphatic heterocycles. The van der Waals surface area contributed by atoms with Gasteiger partial charge in [0.25, 0.3) is 0 Å². The first-order chi connectivity index (χ1) is 3.39. The van der Waals surface area contributed by atoms with Gasteiger partial charge in [-0.2, -0.15) is 0 Å². The summed E-state index contributed by atoms with van der Waals surface area (Å²) in [6.07, 6.45) is 4.20. The SMILES string of the molecule is CC1=CCS[C]=C1. The fourth-order valence-electron chi connectivity index (χ4n) is 0.415. The van der Waals surface area contributed by atoms with E-state index >= 15 is 0 Å². The third-order valence-electron chi connectivity index (χ3n) is 0.859. The van der Waals surface area contributed by atoms with Gasteiger partial charge >= 0.3 is 0 Å². The molecule has 0 N–H and O–H groups in total. The molecule has 0 amide bonds. The van der Waals surface area contributed by atoms with Gasteiger partial charge in [-0.25, -0.2) is 0 Å². The standard InChI is InChI=1S/C6H7S/c1-6-2-4-7-5-3-6/h2-3H,4H2,1H3. The Bertz CT molecular complexity index is 111. The highest BCUT2D eigenvalue weighted by atomic mass is 32.2. The van der Waals surface area contributed by atoms with Gasteiger partial charge in [0.1, 0.15) is 0 Å². The van der Waals surface area contributed by atoms with E-state index in [4.69, 9.17) is 0 Å². The molecular weight excluding hydrogens is 104 g/mol. The molecule has 0 saturated carbocycles. The van der Waals surface area contributed by atoms with Gasteiger partial charge in [-0.1, -0.05) is 11.6 Å². The highest BCUT2D eigenvalue weighted by Crippen LogP contribution is 2.10. The molecule has 0 aliphatic carbocycles. The van der Waals surface area contributed by atoms with Crippen LogP contribution in [0.1, 0.15) is 6.92 Å². The van der Waals surface area contributed by atoms with E-state index in [0.29, 0.717) is 0 Å². The number of thioether (sulfide) groups is 1. The van der Waals surface area contributed by atoms with Crippen LogP contribution in [0.25, 0.3) is 0 Å². The molecule has 0 aromatic rings. The quantitative estimate of drug-likeness (QED) is 0.460. The molecule has 1 aliphatic rings. The van der Waals surface area contributed by atoms with E-state index in [-0.39, 0.29) is 0 Å². The zero-order chi connectivity index (χ0) is 5.11. The second kappa shape index (κ2) is 2.22. The van der Waals surface area contributed by atoms with Crippen molar-refractivity contribution in [3.63, 3.8) is 0 Å². The fraction of sp³-hybridized carbons (Fsp3) is 0.333. The van der Waals surface area contributed by atoms with E-state index in [0.717, 1.165) is 5.75 Å².